The van der Waals surface area contributed by atoms with Crippen molar-refractivity contribution >= 4 is 0 Å². The van der Waals surface area contributed by atoms with Gasteiger partial charge in [0.05, 0.1) is 26.9 Å². The maximum atomic E-state index is 6.20. The third-order valence-electron chi connectivity index (χ3n) is 4.81. The highest BCUT2D eigenvalue weighted by molar-refractivity contribution is 4.72. The largest absolute Gasteiger partial charge is 1.00 e. The predicted molar refractivity (Wildman–Crippen MR) is 79.5 cm³/mol. The third kappa shape index (κ3) is 5.94. The highest BCUT2D eigenvalue weighted by Crippen LogP contribution is 2.27. The zero-order valence-corrected chi connectivity index (χ0v) is 16.0. The fourth-order valence-electron chi connectivity index (χ4n) is 3.27. The topological polar surface area (TPSA) is 27.7 Å². The first-order valence-corrected chi connectivity index (χ1v) is 8.35. The van der Waals surface area contributed by atoms with Crippen molar-refractivity contribution in [1.82, 2.24) is 0 Å². The molecule has 0 aliphatic carbocycles. The van der Waals surface area contributed by atoms with Gasteiger partial charge < -0.3 is 42.7 Å². The Kier molecular flexibility index (Phi) is 9.02. The first kappa shape index (κ1) is 19.6. The Hall–Kier alpha value is 0.570. The van der Waals surface area contributed by atoms with Crippen molar-refractivity contribution in [3.8, 4) is 0 Å². The summed E-state index contributed by atoms with van der Waals surface area (Å²) in [4.78, 5) is 0. The number of quaternary nitrogens is 1. The number of halogens is 1. The minimum absolute atomic E-state index is 0. The average molecular weight is 413 g/mol. The Bertz CT molecular complexity index is 285. The number of morpholine rings is 1. The molecule has 0 N–H and O–H groups in total. The average Bonchev–Trinajstić information content (AvgIpc) is 2.88. The normalized spacial score (nSPS) is 29.9. The summed E-state index contributed by atoms with van der Waals surface area (Å²) in [5.41, 5.74) is 0. The van der Waals surface area contributed by atoms with E-state index in [9.17, 15) is 0 Å². The predicted octanol–water partition coefficient (Wildman–Crippen LogP) is -0.575. The molecule has 2 rings (SSSR count). The Balaban J connectivity index is 0.00000220. The molecule has 0 radical (unpaired) electrons. The second kappa shape index (κ2) is 9.65. The lowest BCUT2D eigenvalue weighted by molar-refractivity contribution is -0.919. The molecule has 21 heavy (non-hydrogen) atoms. The minimum atomic E-state index is 0. The number of nitrogens with zero attached hydrogens (tertiary/aromatic N) is 1. The zero-order valence-electron chi connectivity index (χ0n) is 13.9. The molecule has 0 spiro atoms. The van der Waals surface area contributed by atoms with Crippen LogP contribution in [0.2, 0.25) is 0 Å². The van der Waals surface area contributed by atoms with Crippen LogP contribution in [-0.4, -0.2) is 63.4 Å². The molecular weight excluding hydrogens is 381 g/mol. The molecule has 0 aromatic rings. The van der Waals surface area contributed by atoms with Crippen molar-refractivity contribution in [2.75, 3.05) is 46.5 Å². The van der Waals surface area contributed by atoms with Crippen LogP contribution in [0.3, 0.4) is 0 Å². The van der Waals surface area contributed by atoms with E-state index >= 15 is 0 Å². The van der Waals surface area contributed by atoms with Crippen LogP contribution in [0, 0.1) is 5.92 Å². The molecule has 3 atom stereocenters. The van der Waals surface area contributed by atoms with Gasteiger partial charge in [-0.3, -0.25) is 0 Å². The molecule has 5 heteroatoms. The van der Waals surface area contributed by atoms with Gasteiger partial charge in [0.15, 0.2) is 6.29 Å². The van der Waals surface area contributed by atoms with E-state index in [1.807, 2.05) is 0 Å². The monoisotopic (exact) mass is 413 g/mol. The molecule has 0 bridgehead atoms. The van der Waals surface area contributed by atoms with E-state index in [0.717, 1.165) is 50.4 Å². The molecule has 126 valence electrons. The Labute approximate surface area is 147 Å². The zero-order chi connectivity index (χ0) is 14.4. The molecule has 0 amide bonds. The van der Waals surface area contributed by atoms with E-state index < -0.39 is 0 Å². The number of rotatable bonds is 7. The summed E-state index contributed by atoms with van der Waals surface area (Å²) in [6, 6.07) is 0. The molecule has 0 aromatic carbocycles. The van der Waals surface area contributed by atoms with Crippen molar-refractivity contribution in [3.63, 3.8) is 0 Å². The molecule has 4 nitrogen and oxygen atoms in total. The molecule has 3 unspecified atom stereocenters. The standard InChI is InChI=1S/C16H32NO3.HI/c1-4-6-7-14(5-2)16-19-13-15(20-16)12-17(3)8-10-18-11-9-17;/h14-16H,4-13H2,1-3H3;1H/q+1;/p-1. The molecule has 2 saturated heterocycles. The number of likely N-dealkylation sites (N-methyl/N-ethyl adjacent to an activating group) is 1. The van der Waals surface area contributed by atoms with Crippen molar-refractivity contribution in [2.45, 2.75) is 51.9 Å². The van der Waals surface area contributed by atoms with E-state index in [4.69, 9.17) is 14.2 Å². The summed E-state index contributed by atoms with van der Waals surface area (Å²) in [5, 5.41) is 0. The summed E-state index contributed by atoms with van der Waals surface area (Å²) >= 11 is 0. The van der Waals surface area contributed by atoms with Crippen LogP contribution < -0.4 is 24.0 Å². The fourth-order valence-corrected chi connectivity index (χ4v) is 3.27. The lowest BCUT2D eigenvalue weighted by Crippen LogP contribution is -3.00. The highest BCUT2D eigenvalue weighted by Gasteiger charge is 2.37. The van der Waals surface area contributed by atoms with Gasteiger partial charge in [-0.2, -0.15) is 0 Å². The molecule has 2 aliphatic heterocycles. The molecular formula is C16H32INO3. The lowest BCUT2D eigenvalue weighted by atomic mass is 9.99. The van der Waals surface area contributed by atoms with E-state index in [2.05, 4.69) is 20.9 Å². The Morgan fingerprint density at radius 3 is 2.52 bits per heavy atom. The van der Waals surface area contributed by atoms with Gasteiger partial charge >= 0.3 is 0 Å². The minimum Gasteiger partial charge on any atom is -1.00 e. The van der Waals surface area contributed by atoms with Crippen LogP contribution in [0.1, 0.15) is 39.5 Å². The number of unbranched alkanes of at least 4 members (excludes halogenated alkanes) is 1. The molecule has 2 aliphatic rings. The smallest absolute Gasteiger partial charge is 0.161 e. The summed E-state index contributed by atoms with van der Waals surface area (Å²) < 4.78 is 18.7. The van der Waals surface area contributed by atoms with Crippen molar-refractivity contribution in [3.05, 3.63) is 0 Å². The van der Waals surface area contributed by atoms with Gasteiger partial charge in [0.1, 0.15) is 25.7 Å². The molecule has 2 fully saturated rings. The Morgan fingerprint density at radius 1 is 1.19 bits per heavy atom. The maximum absolute atomic E-state index is 6.20. The third-order valence-corrected chi connectivity index (χ3v) is 4.81. The van der Waals surface area contributed by atoms with Crippen molar-refractivity contribution in [2.24, 2.45) is 5.92 Å². The van der Waals surface area contributed by atoms with Crippen LogP contribution in [0.4, 0.5) is 0 Å². The van der Waals surface area contributed by atoms with Crippen LogP contribution in [0.5, 0.6) is 0 Å². The molecule has 0 aromatic heterocycles. The van der Waals surface area contributed by atoms with E-state index in [0.29, 0.717) is 5.92 Å². The van der Waals surface area contributed by atoms with Crippen LogP contribution in [0.15, 0.2) is 0 Å². The van der Waals surface area contributed by atoms with Crippen LogP contribution in [0.25, 0.3) is 0 Å². The van der Waals surface area contributed by atoms with Gasteiger partial charge in [-0.15, -0.1) is 0 Å². The molecule has 2 heterocycles. The maximum Gasteiger partial charge on any atom is 0.161 e. The van der Waals surface area contributed by atoms with Gasteiger partial charge in [-0.25, -0.2) is 0 Å². The summed E-state index contributed by atoms with van der Waals surface area (Å²) in [5.74, 6) is 0.565. The number of ether oxygens (including phenoxy) is 3. The van der Waals surface area contributed by atoms with Gasteiger partial charge in [0.25, 0.3) is 0 Å². The first-order valence-electron chi connectivity index (χ1n) is 8.35. The van der Waals surface area contributed by atoms with Gasteiger partial charge in [0.2, 0.25) is 0 Å². The van der Waals surface area contributed by atoms with E-state index in [-0.39, 0.29) is 36.4 Å². The summed E-state index contributed by atoms with van der Waals surface area (Å²) in [6.45, 7) is 10.3. The van der Waals surface area contributed by atoms with Crippen LogP contribution >= 0.6 is 0 Å². The van der Waals surface area contributed by atoms with Crippen molar-refractivity contribution in [1.29, 1.82) is 0 Å². The lowest BCUT2D eigenvalue weighted by Gasteiger charge is -2.38. The number of hydrogen-bond donors (Lipinski definition) is 0. The summed E-state index contributed by atoms with van der Waals surface area (Å²) in [6.07, 6.45) is 5.20. The van der Waals surface area contributed by atoms with E-state index in [1.54, 1.807) is 0 Å². The van der Waals surface area contributed by atoms with Crippen molar-refractivity contribution < 1.29 is 42.7 Å². The first-order chi connectivity index (χ1) is 9.67. The number of hydrogen-bond acceptors (Lipinski definition) is 3. The second-order valence-electron chi connectivity index (χ2n) is 6.63. The summed E-state index contributed by atoms with van der Waals surface area (Å²) in [7, 11) is 2.31. The fraction of sp³-hybridized carbons (Fsp3) is 1.00. The Morgan fingerprint density at radius 2 is 1.90 bits per heavy atom. The molecule has 0 saturated carbocycles. The van der Waals surface area contributed by atoms with Gasteiger partial charge in [0, 0.05) is 5.92 Å². The SMILES string of the molecule is CCCCC(CC)C1OCC(C[N+]2(C)CCOCC2)O1.[I-]. The highest BCUT2D eigenvalue weighted by atomic mass is 127. The second-order valence-corrected chi connectivity index (χ2v) is 6.63. The quantitative estimate of drug-likeness (QED) is 0.413. The van der Waals surface area contributed by atoms with Crippen LogP contribution in [-0.2, 0) is 14.2 Å². The van der Waals surface area contributed by atoms with Gasteiger partial charge in [-0.05, 0) is 12.8 Å². The van der Waals surface area contributed by atoms with Gasteiger partial charge in [-0.1, -0.05) is 26.7 Å². The van der Waals surface area contributed by atoms with E-state index in [1.165, 1.54) is 19.3 Å².